The molecule has 126 valence electrons. The van der Waals surface area contributed by atoms with Crippen LogP contribution in [0.4, 0.5) is 0 Å². The predicted molar refractivity (Wildman–Crippen MR) is 84.5 cm³/mol. The van der Waals surface area contributed by atoms with Gasteiger partial charge in [0.25, 0.3) is 0 Å². The molecule has 3 heterocycles. The molecule has 0 aromatic heterocycles. The molecule has 0 aromatic rings. The highest BCUT2D eigenvalue weighted by Gasteiger charge is 2.44. The summed E-state index contributed by atoms with van der Waals surface area (Å²) in [6.07, 6.45) is 5.58. The number of hydrogen-bond acceptors (Lipinski definition) is 6. The Labute approximate surface area is 133 Å². The minimum absolute atomic E-state index is 0.361. The van der Waals surface area contributed by atoms with Gasteiger partial charge >= 0.3 is 0 Å². The lowest BCUT2D eigenvalue weighted by molar-refractivity contribution is -0.0105. The number of hydrazine groups is 1. The average Bonchev–Trinajstić information content (AvgIpc) is 2.97. The summed E-state index contributed by atoms with van der Waals surface area (Å²) in [5, 5.41) is 7.00. The van der Waals surface area contributed by atoms with Crippen molar-refractivity contribution in [2.75, 3.05) is 39.4 Å². The molecule has 4 aliphatic rings. The predicted octanol–water partition coefficient (Wildman–Crippen LogP) is -0.385. The van der Waals surface area contributed by atoms with Crippen LogP contribution in [0.5, 0.6) is 0 Å². The van der Waals surface area contributed by atoms with Crippen molar-refractivity contribution in [3.05, 3.63) is 0 Å². The minimum Gasteiger partial charge on any atom is -0.377 e. The molecule has 6 atom stereocenters. The first-order valence-corrected chi connectivity index (χ1v) is 9.06. The Morgan fingerprint density at radius 3 is 2.55 bits per heavy atom. The summed E-state index contributed by atoms with van der Waals surface area (Å²) in [5.74, 6) is 1.34. The Kier molecular flexibility index (Phi) is 4.95. The first kappa shape index (κ1) is 15.3. The summed E-state index contributed by atoms with van der Waals surface area (Å²) in [7, 11) is 0. The van der Waals surface area contributed by atoms with Gasteiger partial charge in [0.15, 0.2) is 0 Å². The second-order valence-corrected chi connectivity index (χ2v) is 7.29. The molecule has 4 fully saturated rings. The van der Waals surface area contributed by atoms with Gasteiger partial charge in [0.1, 0.15) is 0 Å². The Hall–Kier alpha value is -0.240. The maximum atomic E-state index is 6.11. The molecule has 4 bridgehead atoms. The lowest BCUT2D eigenvalue weighted by Gasteiger charge is -2.39. The van der Waals surface area contributed by atoms with Crippen LogP contribution >= 0.6 is 0 Å². The van der Waals surface area contributed by atoms with E-state index in [0.29, 0.717) is 36.1 Å². The van der Waals surface area contributed by atoms with E-state index in [9.17, 15) is 0 Å². The molecule has 4 rings (SSSR count). The molecular formula is C16H30N4O2. The molecule has 6 unspecified atom stereocenters. The van der Waals surface area contributed by atoms with Gasteiger partial charge in [-0.05, 0) is 44.1 Å². The summed E-state index contributed by atoms with van der Waals surface area (Å²) < 4.78 is 12.2. The monoisotopic (exact) mass is 310 g/mol. The van der Waals surface area contributed by atoms with E-state index < -0.39 is 0 Å². The first-order chi connectivity index (χ1) is 10.9. The van der Waals surface area contributed by atoms with Gasteiger partial charge in [0, 0.05) is 31.7 Å². The average molecular weight is 310 g/mol. The van der Waals surface area contributed by atoms with Gasteiger partial charge in [-0.2, -0.15) is 0 Å². The Morgan fingerprint density at radius 2 is 1.64 bits per heavy atom. The molecule has 0 aromatic carbocycles. The molecule has 4 N–H and O–H groups in total. The summed E-state index contributed by atoms with van der Waals surface area (Å²) in [6.45, 7) is 5.57. The zero-order valence-corrected chi connectivity index (χ0v) is 13.4. The number of ether oxygens (including phenoxy) is 2. The molecule has 22 heavy (non-hydrogen) atoms. The van der Waals surface area contributed by atoms with E-state index >= 15 is 0 Å². The van der Waals surface area contributed by atoms with Gasteiger partial charge in [-0.3, -0.25) is 10.9 Å². The number of piperidine rings is 1. The quantitative estimate of drug-likeness (QED) is 0.489. The highest BCUT2D eigenvalue weighted by molar-refractivity contribution is 5.00. The molecule has 1 saturated carbocycles. The third-order valence-electron chi connectivity index (χ3n) is 5.87. The fourth-order valence-corrected chi connectivity index (χ4v) is 4.73. The lowest BCUT2D eigenvalue weighted by atomic mass is 9.74. The molecule has 1 aliphatic carbocycles. The smallest absolute Gasteiger partial charge is 0.0703 e. The van der Waals surface area contributed by atoms with E-state index in [1.165, 1.54) is 25.7 Å². The highest BCUT2D eigenvalue weighted by Crippen LogP contribution is 2.36. The Balaban J connectivity index is 1.47. The molecule has 3 saturated heterocycles. The van der Waals surface area contributed by atoms with Crippen LogP contribution in [0.3, 0.4) is 0 Å². The van der Waals surface area contributed by atoms with Crippen molar-refractivity contribution < 1.29 is 9.47 Å². The van der Waals surface area contributed by atoms with Crippen LogP contribution in [0, 0.1) is 11.8 Å². The zero-order chi connectivity index (χ0) is 14.8. The fraction of sp³-hybridized carbons (Fsp3) is 1.00. The maximum absolute atomic E-state index is 6.11. The molecule has 0 spiro atoms. The fourth-order valence-electron chi connectivity index (χ4n) is 4.73. The van der Waals surface area contributed by atoms with E-state index in [0.717, 1.165) is 39.4 Å². The number of fused-ring (bicyclic) bond motifs is 4. The second kappa shape index (κ2) is 7.11. The molecule has 6 heteroatoms. The summed E-state index contributed by atoms with van der Waals surface area (Å²) in [6, 6.07) is 1.17. The summed E-state index contributed by atoms with van der Waals surface area (Å²) >= 11 is 0. The standard InChI is InChI=1S/C16H30N4O2/c1-2-15-14-8-12(1)21-5-3-17-4-6-22-13-7-11(9-18-10-13)16(14)20-19-15/h11-20H,1-10H2. The third kappa shape index (κ3) is 3.32. The van der Waals surface area contributed by atoms with Crippen LogP contribution in [-0.4, -0.2) is 63.7 Å². The third-order valence-corrected chi connectivity index (χ3v) is 5.87. The van der Waals surface area contributed by atoms with Crippen molar-refractivity contribution in [2.45, 2.75) is 50.0 Å². The molecule has 3 aliphatic heterocycles. The SMILES string of the molecule is C1COC2CNCC(C2)C2NNC3CCC(CC32)OCCN1. The van der Waals surface area contributed by atoms with Gasteiger partial charge in [-0.1, -0.05) is 0 Å². The first-order valence-electron chi connectivity index (χ1n) is 9.06. The van der Waals surface area contributed by atoms with Crippen LogP contribution in [-0.2, 0) is 9.47 Å². The maximum Gasteiger partial charge on any atom is 0.0703 e. The van der Waals surface area contributed by atoms with Gasteiger partial charge in [0.2, 0.25) is 0 Å². The summed E-state index contributed by atoms with van der Waals surface area (Å²) in [5.41, 5.74) is 7.16. The molecule has 6 nitrogen and oxygen atoms in total. The number of hydrogen-bond donors (Lipinski definition) is 4. The van der Waals surface area contributed by atoms with Crippen molar-refractivity contribution in [1.82, 2.24) is 21.5 Å². The van der Waals surface area contributed by atoms with Gasteiger partial charge in [0.05, 0.1) is 25.4 Å². The molecule has 0 amide bonds. The van der Waals surface area contributed by atoms with Gasteiger partial charge < -0.3 is 20.1 Å². The molecule has 0 radical (unpaired) electrons. The topological polar surface area (TPSA) is 66.6 Å². The van der Waals surface area contributed by atoms with Gasteiger partial charge in [-0.25, -0.2) is 0 Å². The largest absolute Gasteiger partial charge is 0.377 e. The van der Waals surface area contributed by atoms with E-state index in [4.69, 9.17) is 9.47 Å². The zero-order valence-electron chi connectivity index (χ0n) is 13.4. The van der Waals surface area contributed by atoms with E-state index in [2.05, 4.69) is 21.5 Å². The molecular weight excluding hydrogens is 280 g/mol. The number of nitrogens with one attached hydrogen (secondary N) is 4. The Bertz CT molecular complexity index is 370. The number of rotatable bonds is 0. The van der Waals surface area contributed by atoms with Crippen LogP contribution in [0.2, 0.25) is 0 Å². The van der Waals surface area contributed by atoms with Crippen molar-refractivity contribution in [2.24, 2.45) is 11.8 Å². The normalized spacial score (nSPS) is 46.9. The van der Waals surface area contributed by atoms with Crippen LogP contribution in [0.15, 0.2) is 0 Å². The van der Waals surface area contributed by atoms with E-state index in [1.54, 1.807) is 0 Å². The van der Waals surface area contributed by atoms with Crippen molar-refractivity contribution >= 4 is 0 Å². The van der Waals surface area contributed by atoms with Gasteiger partial charge in [-0.15, -0.1) is 0 Å². The van der Waals surface area contributed by atoms with Crippen LogP contribution in [0.25, 0.3) is 0 Å². The minimum atomic E-state index is 0.361. The lowest BCUT2D eigenvalue weighted by Crippen LogP contribution is -2.51. The van der Waals surface area contributed by atoms with E-state index in [1.807, 2.05) is 0 Å². The van der Waals surface area contributed by atoms with E-state index in [-0.39, 0.29) is 0 Å². The van der Waals surface area contributed by atoms with Crippen molar-refractivity contribution in [3.8, 4) is 0 Å². The Morgan fingerprint density at radius 1 is 0.773 bits per heavy atom. The van der Waals surface area contributed by atoms with Crippen molar-refractivity contribution in [1.29, 1.82) is 0 Å². The highest BCUT2D eigenvalue weighted by atomic mass is 16.5. The van der Waals surface area contributed by atoms with Crippen molar-refractivity contribution in [3.63, 3.8) is 0 Å². The van der Waals surface area contributed by atoms with Crippen LogP contribution in [0.1, 0.15) is 25.7 Å². The second-order valence-electron chi connectivity index (χ2n) is 7.29. The summed E-state index contributed by atoms with van der Waals surface area (Å²) in [4.78, 5) is 0. The van der Waals surface area contributed by atoms with Crippen LogP contribution < -0.4 is 21.5 Å².